The zero-order valence-electron chi connectivity index (χ0n) is 11.7. The number of hydrogen-bond donors (Lipinski definition) is 1. The minimum absolute atomic E-state index is 0.389. The molecule has 0 unspecified atom stereocenters. The molecule has 2 aromatic rings. The van der Waals surface area contributed by atoms with Crippen LogP contribution < -0.4 is 5.73 Å². The Bertz CT molecular complexity index is 596. The molecule has 3 nitrogen and oxygen atoms in total. The van der Waals surface area contributed by atoms with Crippen LogP contribution >= 0.6 is 0 Å². The van der Waals surface area contributed by atoms with Gasteiger partial charge in [0.05, 0.1) is 6.54 Å². The minimum Gasteiger partial charge on any atom is -0.320 e. The van der Waals surface area contributed by atoms with Gasteiger partial charge in [-0.15, -0.1) is 0 Å². The molecule has 0 spiro atoms. The summed E-state index contributed by atoms with van der Waals surface area (Å²) in [5, 5.41) is 0. The maximum absolute atomic E-state index is 5.44. The van der Waals surface area contributed by atoms with Gasteiger partial charge >= 0.3 is 0 Å². The molecule has 0 amide bonds. The summed E-state index contributed by atoms with van der Waals surface area (Å²) >= 11 is 0. The van der Waals surface area contributed by atoms with E-state index in [4.69, 9.17) is 5.73 Å². The lowest BCUT2D eigenvalue weighted by molar-refractivity contribution is 0.318. The third-order valence-corrected chi connectivity index (χ3v) is 2.96. The van der Waals surface area contributed by atoms with E-state index in [1.165, 1.54) is 11.1 Å². The number of benzene rings is 1. The van der Waals surface area contributed by atoms with Gasteiger partial charge in [-0.25, -0.2) is 0 Å². The van der Waals surface area contributed by atoms with E-state index in [1.54, 1.807) is 6.20 Å². The van der Waals surface area contributed by atoms with Crippen molar-refractivity contribution in [3.63, 3.8) is 0 Å². The Labute approximate surface area is 120 Å². The fourth-order valence-corrected chi connectivity index (χ4v) is 2.08. The van der Waals surface area contributed by atoms with Gasteiger partial charge in [-0.05, 0) is 30.3 Å². The molecule has 2 rings (SSSR count). The van der Waals surface area contributed by atoms with E-state index in [-0.39, 0.29) is 0 Å². The van der Waals surface area contributed by atoms with Crippen LogP contribution in [0.3, 0.4) is 0 Å². The van der Waals surface area contributed by atoms with E-state index >= 15 is 0 Å². The Balaban J connectivity index is 2.06. The maximum Gasteiger partial charge on any atom is 0.0555 e. The molecule has 102 valence electrons. The Hall–Kier alpha value is -2.15. The first-order chi connectivity index (χ1) is 9.79. The van der Waals surface area contributed by atoms with Crippen LogP contribution in [0.5, 0.6) is 0 Å². The molecule has 3 heteroatoms. The lowest BCUT2D eigenvalue weighted by Crippen LogP contribution is -2.18. The Morgan fingerprint density at radius 3 is 2.75 bits per heavy atom. The van der Waals surface area contributed by atoms with Crippen molar-refractivity contribution in [2.75, 3.05) is 13.6 Å². The fraction of sp³-hybridized carbons (Fsp3) is 0.235. The average Bonchev–Trinajstić information content (AvgIpc) is 2.47. The van der Waals surface area contributed by atoms with Crippen molar-refractivity contribution in [3.8, 4) is 11.8 Å². The molecule has 0 aliphatic heterocycles. The smallest absolute Gasteiger partial charge is 0.0555 e. The van der Waals surface area contributed by atoms with Crippen molar-refractivity contribution >= 4 is 0 Å². The predicted molar refractivity (Wildman–Crippen MR) is 81.8 cm³/mol. The van der Waals surface area contributed by atoms with Crippen LogP contribution in [-0.4, -0.2) is 23.5 Å². The number of pyridine rings is 1. The SMILES string of the molecule is CN(Cc1cccnc1)Cc1ccccc1C#CCN. The largest absolute Gasteiger partial charge is 0.320 e. The molecule has 1 aromatic carbocycles. The molecule has 1 heterocycles. The molecule has 0 atom stereocenters. The Kier molecular flexibility index (Phi) is 5.31. The third-order valence-electron chi connectivity index (χ3n) is 2.96. The van der Waals surface area contributed by atoms with Crippen molar-refractivity contribution in [1.82, 2.24) is 9.88 Å². The monoisotopic (exact) mass is 265 g/mol. The summed E-state index contributed by atoms with van der Waals surface area (Å²) in [6.45, 7) is 2.11. The molecule has 20 heavy (non-hydrogen) atoms. The summed E-state index contributed by atoms with van der Waals surface area (Å²) in [6, 6.07) is 12.2. The van der Waals surface area contributed by atoms with Crippen LogP contribution in [0.25, 0.3) is 0 Å². The lowest BCUT2D eigenvalue weighted by Gasteiger charge is -2.17. The van der Waals surface area contributed by atoms with Crippen molar-refractivity contribution in [1.29, 1.82) is 0 Å². The van der Waals surface area contributed by atoms with Gasteiger partial charge in [-0.3, -0.25) is 9.88 Å². The van der Waals surface area contributed by atoms with Gasteiger partial charge < -0.3 is 5.73 Å². The highest BCUT2D eigenvalue weighted by Crippen LogP contribution is 2.11. The molecule has 1 aromatic heterocycles. The number of nitrogens with zero attached hydrogens (tertiary/aromatic N) is 2. The highest BCUT2D eigenvalue weighted by molar-refractivity contribution is 5.41. The first kappa shape index (κ1) is 14.3. The molecule has 2 N–H and O–H groups in total. The van der Waals surface area contributed by atoms with E-state index in [0.29, 0.717) is 6.54 Å². The van der Waals surface area contributed by atoms with E-state index in [1.807, 2.05) is 30.5 Å². The molecule has 0 fully saturated rings. The molecular formula is C17H19N3. The van der Waals surface area contributed by atoms with Crippen LogP contribution in [0.15, 0.2) is 48.8 Å². The standard InChI is InChI=1S/C17H19N3/c1-20(13-15-6-5-11-19-12-15)14-17-8-3-2-7-16(17)9-4-10-18/h2-3,5-8,11-12H,10,13-14,18H2,1H3. The second-order valence-corrected chi connectivity index (χ2v) is 4.70. The van der Waals surface area contributed by atoms with Crippen molar-refractivity contribution in [2.24, 2.45) is 5.73 Å². The third kappa shape index (κ3) is 4.20. The van der Waals surface area contributed by atoms with E-state index in [2.05, 4.69) is 40.9 Å². The van der Waals surface area contributed by atoms with Gasteiger partial charge in [0, 0.05) is 31.0 Å². The summed E-state index contributed by atoms with van der Waals surface area (Å²) in [7, 11) is 2.10. The Morgan fingerprint density at radius 1 is 1.15 bits per heavy atom. The summed E-state index contributed by atoms with van der Waals surface area (Å²) in [6.07, 6.45) is 3.69. The second-order valence-electron chi connectivity index (χ2n) is 4.70. The molecule has 0 saturated carbocycles. The van der Waals surface area contributed by atoms with Gasteiger partial charge in [0.25, 0.3) is 0 Å². The minimum atomic E-state index is 0.389. The molecule has 0 radical (unpaired) electrons. The molecule has 0 saturated heterocycles. The number of aromatic nitrogens is 1. The molecule has 0 aliphatic carbocycles. The number of rotatable bonds is 4. The highest BCUT2D eigenvalue weighted by Gasteiger charge is 2.04. The van der Waals surface area contributed by atoms with Gasteiger partial charge in [0.2, 0.25) is 0 Å². The van der Waals surface area contributed by atoms with Gasteiger partial charge in [-0.1, -0.05) is 36.1 Å². The summed E-state index contributed by atoms with van der Waals surface area (Å²) in [4.78, 5) is 6.39. The van der Waals surface area contributed by atoms with Crippen molar-refractivity contribution in [2.45, 2.75) is 13.1 Å². The second kappa shape index (κ2) is 7.44. The quantitative estimate of drug-likeness (QED) is 0.860. The van der Waals surface area contributed by atoms with E-state index < -0.39 is 0 Å². The Morgan fingerprint density at radius 2 is 2.00 bits per heavy atom. The highest BCUT2D eigenvalue weighted by atomic mass is 15.1. The zero-order valence-corrected chi connectivity index (χ0v) is 11.7. The molecule has 0 bridgehead atoms. The van der Waals surface area contributed by atoms with Crippen molar-refractivity contribution in [3.05, 3.63) is 65.5 Å². The van der Waals surface area contributed by atoms with Crippen LogP contribution in [-0.2, 0) is 13.1 Å². The fourth-order valence-electron chi connectivity index (χ4n) is 2.08. The predicted octanol–water partition coefficient (Wildman–Crippen LogP) is 2.02. The summed E-state index contributed by atoms with van der Waals surface area (Å²) < 4.78 is 0. The van der Waals surface area contributed by atoms with Crippen molar-refractivity contribution < 1.29 is 0 Å². The van der Waals surface area contributed by atoms with E-state index in [9.17, 15) is 0 Å². The van der Waals surface area contributed by atoms with Gasteiger partial charge in [0.15, 0.2) is 0 Å². The first-order valence-electron chi connectivity index (χ1n) is 6.64. The maximum atomic E-state index is 5.44. The summed E-state index contributed by atoms with van der Waals surface area (Å²) in [5.41, 5.74) is 8.92. The summed E-state index contributed by atoms with van der Waals surface area (Å²) in [5.74, 6) is 6.05. The molecule has 0 aliphatic rings. The van der Waals surface area contributed by atoms with E-state index in [0.717, 1.165) is 18.7 Å². The van der Waals surface area contributed by atoms with Gasteiger partial charge in [-0.2, -0.15) is 0 Å². The first-order valence-corrected chi connectivity index (χ1v) is 6.64. The van der Waals surface area contributed by atoms with Gasteiger partial charge in [0.1, 0.15) is 0 Å². The van der Waals surface area contributed by atoms with Crippen LogP contribution in [0, 0.1) is 11.8 Å². The number of hydrogen-bond acceptors (Lipinski definition) is 3. The average molecular weight is 265 g/mol. The molecular weight excluding hydrogens is 246 g/mol. The van der Waals surface area contributed by atoms with Crippen LogP contribution in [0.4, 0.5) is 0 Å². The number of nitrogens with two attached hydrogens (primary N) is 1. The topological polar surface area (TPSA) is 42.2 Å². The lowest BCUT2D eigenvalue weighted by atomic mass is 10.1. The van der Waals surface area contributed by atoms with Crippen LogP contribution in [0.2, 0.25) is 0 Å². The van der Waals surface area contributed by atoms with Crippen LogP contribution in [0.1, 0.15) is 16.7 Å². The normalized spacial score (nSPS) is 10.2. The zero-order chi connectivity index (χ0) is 14.2.